The van der Waals surface area contributed by atoms with Gasteiger partial charge in [-0.2, -0.15) is 0 Å². The molecule has 0 amide bonds. The molecule has 1 atom stereocenters. The minimum atomic E-state index is -4.67. The fourth-order valence-corrected chi connectivity index (χ4v) is 4.41. The van der Waals surface area contributed by atoms with E-state index in [1.165, 1.54) is 51.4 Å². The summed E-state index contributed by atoms with van der Waals surface area (Å²) in [6.45, 7) is 4.35. The predicted molar refractivity (Wildman–Crippen MR) is 114 cm³/mol. The van der Waals surface area contributed by atoms with Gasteiger partial charge in [0.1, 0.15) is 10.1 Å². The summed E-state index contributed by atoms with van der Waals surface area (Å²) in [5.74, 6) is 0. The molecular formula is C22H45KO4S. The Morgan fingerprint density at radius 3 is 1.11 bits per heavy atom. The SMILES string of the molecule is CCCCCCCCCCCCCCC(O)(CCCCCCC)S(=O)(=O)[O-].[K+]. The van der Waals surface area contributed by atoms with Crippen molar-refractivity contribution in [1.82, 2.24) is 0 Å². The average Bonchev–Trinajstić information content (AvgIpc) is 2.61. The van der Waals surface area contributed by atoms with E-state index < -0.39 is 15.1 Å². The van der Waals surface area contributed by atoms with Crippen LogP contribution >= 0.6 is 0 Å². The summed E-state index contributed by atoms with van der Waals surface area (Å²) in [6.07, 6.45) is 19.2. The van der Waals surface area contributed by atoms with E-state index in [0.29, 0.717) is 12.8 Å². The molecule has 0 radical (unpaired) electrons. The van der Waals surface area contributed by atoms with Gasteiger partial charge in [-0.15, -0.1) is 0 Å². The van der Waals surface area contributed by atoms with E-state index in [9.17, 15) is 18.1 Å². The van der Waals surface area contributed by atoms with Gasteiger partial charge in [0.2, 0.25) is 0 Å². The molecule has 0 aromatic carbocycles. The molecule has 0 aliphatic heterocycles. The summed E-state index contributed by atoms with van der Waals surface area (Å²) in [7, 11) is -4.67. The normalized spacial score (nSPS) is 13.9. The third-order valence-corrected chi connectivity index (χ3v) is 6.90. The van der Waals surface area contributed by atoms with Crippen LogP contribution in [-0.2, 0) is 10.1 Å². The quantitative estimate of drug-likeness (QED) is 0.176. The van der Waals surface area contributed by atoms with Crippen LogP contribution in [0.2, 0.25) is 0 Å². The molecule has 0 aliphatic rings. The van der Waals surface area contributed by atoms with Crippen LogP contribution in [0.15, 0.2) is 0 Å². The molecular weight excluding hydrogens is 399 g/mol. The van der Waals surface area contributed by atoms with E-state index in [4.69, 9.17) is 0 Å². The Morgan fingerprint density at radius 2 is 0.857 bits per heavy atom. The second kappa shape index (κ2) is 20.4. The second-order valence-electron chi connectivity index (χ2n) is 8.20. The molecule has 0 aromatic rings. The van der Waals surface area contributed by atoms with Crippen LogP contribution in [0.1, 0.15) is 136 Å². The van der Waals surface area contributed by atoms with E-state index in [1.807, 2.05) is 0 Å². The Kier molecular flexibility index (Phi) is 23.1. The van der Waals surface area contributed by atoms with Gasteiger partial charge < -0.3 is 9.66 Å². The van der Waals surface area contributed by atoms with Crippen molar-refractivity contribution >= 4 is 10.1 Å². The first-order chi connectivity index (χ1) is 12.9. The minimum absolute atomic E-state index is 0. The second-order valence-corrected chi connectivity index (χ2v) is 9.87. The molecule has 0 rings (SSSR count). The van der Waals surface area contributed by atoms with Gasteiger partial charge in [0.15, 0.2) is 4.93 Å². The van der Waals surface area contributed by atoms with Crippen molar-refractivity contribution in [2.75, 3.05) is 0 Å². The number of hydrogen-bond acceptors (Lipinski definition) is 4. The molecule has 164 valence electrons. The first-order valence-corrected chi connectivity index (χ1v) is 13.0. The maximum Gasteiger partial charge on any atom is 1.00 e. The number of unbranched alkanes of at least 4 members (excludes halogenated alkanes) is 15. The standard InChI is InChI=1S/C22H46O4S.K/c1-3-5-7-9-10-11-12-13-14-15-17-19-21-22(23,27(24,25)26)20-18-16-8-6-4-2;/h23H,3-21H2,1-2H3,(H,24,25,26);/q;+1/p-1. The first-order valence-electron chi connectivity index (χ1n) is 11.5. The number of hydrogen-bond donors (Lipinski definition) is 1. The third kappa shape index (κ3) is 17.2. The average molecular weight is 445 g/mol. The van der Waals surface area contributed by atoms with Gasteiger partial charge in [0, 0.05) is 0 Å². The van der Waals surface area contributed by atoms with E-state index in [2.05, 4.69) is 13.8 Å². The summed E-state index contributed by atoms with van der Waals surface area (Å²) in [6, 6.07) is 0. The molecule has 28 heavy (non-hydrogen) atoms. The molecule has 6 heteroatoms. The summed E-state index contributed by atoms with van der Waals surface area (Å²) in [5, 5.41) is 10.4. The fourth-order valence-electron chi connectivity index (χ4n) is 3.62. The molecule has 0 aromatic heterocycles. The van der Waals surface area contributed by atoms with Crippen molar-refractivity contribution in [2.24, 2.45) is 0 Å². The van der Waals surface area contributed by atoms with Crippen molar-refractivity contribution in [2.45, 2.75) is 141 Å². The van der Waals surface area contributed by atoms with Crippen LogP contribution in [0.4, 0.5) is 0 Å². The summed E-state index contributed by atoms with van der Waals surface area (Å²) >= 11 is 0. The number of aliphatic hydroxyl groups is 1. The van der Waals surface area contributed by atoms with Gasteiger partial charge in [-0.05, 0) is 25.7 Å². The number of rotatable bonds is 20. The zero-order valence-electron chi connectivity index (χ0n) is 19.0. The topological polar surface area (TPSA) is 77.4 Å². The van der Waals surface area contributed by atoms with Crippen molar-refractivity contribution in [3.63, 3.8) is 0 Å². The van der Waals surface area contributed by atoms with Crippen LogP contribution in [-0.4, -0.2) is 23.0 Å². The van der Waals surface area contributed by atoms with E-state index in [1.54, 1.807) is 0 Å². The molecule has 0 heterocycles. The largest absolute Gasteiger partial charge is 1.00 e. The Balaban J connectivity index is 0. The van der Waals surface area contributed by atoms with Crippen molar-refractivity contribution < 1.29 is 69.5 Å². The van der Waals surface area contributed by atoms with Crippen LogP contribution < -0.4 is 51.4 Å². The van der Waals surface area contributed by atoms with Crippen LogP contribution in [0, 0.1) is 0 Å². The molecule has 0 saturated heterocycles. The van der Waals surface area contributed by atoms with Gasteiger partial charge in [-0.25, -0.2) is 8.42 Å². The molecule has 0 saturated carbocycles. The smallest absolute Gasteiger partial charge is 0.746 e. The molecule has 1 unspecified atom stereocenters. The van der Waals surface area contributed by atoms with Crippen LogP contribution in [0.25, 0.3) is 0 Å². The van der Waals surface area contributed by atoms with Crippen LogP contribution in [0.3, 0.4) is 0 Å². The fraction of sp³-hybridized carbons (Fsp3) is 1.00. The Labute approximate surface area is 218 Å². The zero-order chi connectivity index (χ0) is 20.4. The molecule has 0 bridgehead atoms. The van der Waals surface area contributed by atoms with E-state index in [-0.39, 0.29) is 64.2 Å². The summed E-state index contributed by atoms with van der Waals surface area (Å²) in [4.78, 5) is -2.06. The third-order valence-electron chi connectivity index (χ3n) is 5.56. The van der Waals surface area contributed by atoms with Gasteiger partial charge >= 0.3 is 51.4 Å². The van der Waals surface area contributed by atoms with Crippen molar-refractivity contribution in [3.05, 3.63) is 0 Å². The van der Waals surface area contributed by atoms with Gasteiger partial charge in [-0.3, -0.25) is 0 Å². The van der Waals surface area contributed by atoms with Crippen LogP contribution in [0.5, 0.6) is 0 Å². The summed E-state index contributed by atoms with van der Waals surface area (Å²) < 4.78 is 34.5. The molecule has 1 N–H and O–H groups in total. The Morgan fingerprint density at radius 1 is 0.607 bits per heavy atom. The maximum absolute atomic E-state index is 11.5. The molecule has 0 spiro atoms. The summed E-state index contributed by atoms with van der Waals surface area (Å²) in [5.41, 5.74) is 0. The molecule has 4 nitrogen and oxygen atoms in total. The minimum Gasteiger partial charge on any atom is -0.746 e. The Hall–Kier alpha value is 1.51. The van der Waals surface area contributed by atoms with Gasteiger partial charge in [0.05, 0.1) is 0 Å². The van der Waals surface area contributed by atoms with Crippen molar-refractivity contribution in [3.8, 4) is 0 Å². The molecule has 0 fully saturated rings. The predicted octanol–water partition coefficient (Wildman–Crippen LogP) is 3.68. The van der Waals surface area contributed by atoms with E-state index in [0.717, 1.165) is 44.9 Å². The van der Waals surface area contributed by atoms with E-state index >= 15 is 0 Å². The van der Waals surface area contributed by atoms with Crippen molar-refractivity contribution in [1.29, 1.82) is 0 Å². The van der Waals surface area contributed by atoms with Gasteiger partial charge in [0.25, 0.3) is 0 Å². The molecule has 0 aliphatic carbocycles. The zero-order valence-corrected chi connectivity index (χ0v) is 23.0. The Bertz CT molecular complexity index is 428. The first kappa shape index (κ1) is 31.7. The monoisotopic (exact) mass is 444 g/mol. The van der Waals surface area contributed by atoms with Gasteiger partial charge in [-0.1, -0.05) is 110 Å². The maximum atomic E-state index is 11.5.